The number of halogens is 2. The Morgan fingerprint density at radius 2 is 1.65 bits per heavy atom. The fraction of sp³-hybridized carbons (Fsp3) is 0.395. The minimum absolute atomic E-state index is 0.0276. The van der Waals surface area contributed by atoms with Crippen molar-refractivity contribution < 1.29 is 28.6 Å². The lowest BCUT2D eigenvalue weighted by atomic mass is 9.93. The van der Waals surface area contributed by atoms with E-state index in [-0.39, 0.29) is 19.1 Å². The molecule has 49 heavy (non-hydrogen) atoms. The van der Waals surface area contributed by atoms with E-state index >= 15 is 0 Å². The molecule has 1 saturated carbocycles. The predicted molar refractivity (Wildman–Crippen MR) is 197 cm³/mol. The van der Waals surface area contributed by atoms with Crippen molar-refractivity contribution >= 4 is 62.0 Å². The number of hydrogen-bond donors (Lipinski definition) is 1. The summed E-state index contributed by atoms with van der Waals surface area (Å²) in [5.41, 5.74) is 10.7. The average Bonchev–Trinajstić information content (AvgIpc) is 3.43. The van der Waals surface area contributed by atoms with E-state index in [4.69, 9.17) is 31.5 Å². The number of hydrogen-bond acceptors (Lipinski definition) is 8. The third-order valence-corrected chi connectivity index (χ3v) is 9.44. The highest BCUT2D eigenvalue weighted by molar-refractivity contribution is 9.10. The predicted octanol–water partition coefficient (Wildman–Crippen LogP) is 8.60. The van der Waals surface area contributed by atoms with Crippen LogP contribution < -0.4 is 10.5 Å². The van der Waals surface area contributed by atoms with E-state index in [9.17, 15) is 14.4 Å². The first-order valence-corrected chi connectivity index (χ1v) is 17.8. The smallest absolute Gasteiger partial charge is 0.338 e. The Labute approximate surface area is 301 Å². The molecule has 4 aromatic rings. The second-order valence-corrected chi connectivity index (χ2v) is 13.4. The zero-order valence-corrected chi connectivity index (χ0v) is 30.9. The molecule has 9 nitrogen and oxygen atoms in total. The molecule has 1 aliphatic carbocycles. The Balaban J connectivity index is 0.000000229. The van der Waals surface area contributed by atoms with Gasteiger partial charge in [0, 0.05) is 45.6 Å². The molecule has 0 spiro atoms. The van der Waals surface area contributed by atoms with Crippen LogP contribution in [0.5, 0.6) is 5.75 Å². The van der Waals surface area contributed by atoms with Gasteiger partial charge in [0.25, 0.3) is 5.91 Å². The number of fused-ring (bicyclic) bond motifs is 1. The number of benzene rings is 3. The molecule has 262 valence electrons. The van der Waals surface area contributed by atoms with Gasteiger partial charge in [-0.05, 0) is 115 Å². The van der Waals surface area contributed by atoms with Crippen LogP contribution in [0.4, 0.5) is 5.69 Å². The van der Waals surface area contributed by atoms with Gasteiger partial charge in [-0.25, -0.2) is 4.79 Å². The summed E-state index contributed by atoms with van der Waals surface area (Å²) >= 11 is 9.34. The van der Waals surface area contributed by atoms with Crippen LogP contribution in [-0.4, -0.2) is 60.2 Å². The highest BCUT2D eigenvalue weighted by Crippen LogP contribution is 2.30. The lowest BCUT2D eigenvalue weighted by Crippen LogP contribution is -2.37. The van der Waals surface area contributed by atoms with Gasteiger partial charge >= 0.3 is 11.9 Å². The highest BCUT2D eigenvalue weighted by atomic mass is 79.9. The van der Waals surface area contributed by atoms with Crippen molar-refractivity contribution in [2.75, 3.05) is 32.6 Å². The van der Waals surface area contributed by atoms with E-state index in [1.165, 1.54) is 39.0 Å². The summed E-state index contributed by atoms with van der Waals surface area (Å²) in [6.45, 7) is 7.23. The van der Waals surface area contributed by atoms with Crippen LogP contribution in [-0.2, 0) is 20.8 Å². The normalized spacial score (nSPS) is 13.1. The molecule has 1 fully saturated rings. The van der Waals surface area contributed by atoms with E-state index in [0.29, 0.717) is 32.4 Å². The third-order valence-electron chi connectivity index (χ3n) is 8.54. The van der Waals surface area contributed by atoms with Crippen molar-refractivity contribution in [2.45, 2.75) is 71.9 Å². The Morgan fingerprint density at radius 1 is 0.959 bits per heavy atom. The van der Waals surface area contributed by atoms with E-state index < -0.39 is 11.9 Å². The quantitative estimate of drug-likeness (QED) is 0.0921. The number of ether oxygens (including phenoxy) is 3. The number of carbonyl (C=O) groups is 3. The largest absolute Gasteiger partial charge is 0.497 e. The second-order valence-electron chi connectivity index (χ2n) is 12.1. The van der Waals surface area contributed by atoms with Crippen molar-refractivity contribution in [3.63, 3.8) is 0 Å². The number of aromatic nitrogens is 1. The van der Waals surface area contributed by atoms with E-state index in [1.807, 2.05) is 37.3 Å². The molecule has 0 saturated heterocycles. The molecular formula is C38H45BrClN3O6. The summed E-state index contributed by atoms with van der Waals surface area (Å²) in [5, 5.41) is 1.60. The van der Waals surface area contributed by atoms with E-state index in [0.717, 1.165) is 47.4 Å². The molecule has 1 aromatic heterocycles. The molecule has 1 aliphatic rings. The molecule has 0 unspecified atom stereocenters. The number of esters is 2. The fourth-order valence-electron chi connectivity index (χ4n) is 6.12. The first-order chi connectivity index (χ1) is 23.5. The summed E-state index contributed by atoms with van der Waals surface area (Å²) in [6.07, 6.45) is 7.39. The van der Waals surface area contributed by atoms with Gasteiger partial charge in [0.2, 0.25) is 0 Å². The molecule has 0 bridgehead atoms. The minimum Gasteiger partial charge on any atom is -0.497 e. The van der Waals surface area contributed by atoms with Crippen LogP contribution in [0.2, 0.25) is 5.02 Å². The van der Waals surface area contributed by atoms with Gasteiger partial charge in [-0.15, -0.1) is 0 Å². The summed E-state index contributed by atoms with van der Waals surface area (Å²) in [6, 6.07) is 18.6. The minimum atomic E-state index is -0.450. The Hall–Kier alpha value is -3.86. The van der Waals surface area contributed by atoms with Crippen LogP contribution in [0.1, 0.15) is 84.3 Å². The van der Waals surface area contributed by atoms with Crippen LogP contribution in [0.3, 0.4) is 0 Å². The second kappa shape index (κ2) is 18.2. The molecule has 3 aromatic carbocycles. The zero-order valence-electron chi connectivity index (χ0n) is 28.6. The van der Waals surface area contributed by atoms with Crippen LogP contribution in [0.15, 0.2) is 65.1 Å². The number of nitrogens with zero attached hydrogens (tertiary/aromatic N) is 2. The van der Waals surface area contributed by atoms with Gasteiger partial charge in [0.05, 0.1) is 23.9 Å². The number of rotatable bonds is 11. The van der Waals surface area contributed by atoms with Gasteiger partial charge in [-0.1, -0.05) is 37.8 Å². The van der Waals surface area contributed by atoms with Crippen LogP contribution >= 0.6 is 27.5 Å². The summed E-state index contributed by atoms with van der Waals surface area (Å²) in [7, 11) is 1.63. The van der Waals surface area contributed by atoms with Crippen molar-refractivity contribution in [2.24, 2.45) is 0 Å². The molecule has 0 radical (unpaired) electrons. The van der Waals surface area contributed by atoms with Gasteiger partial charge < -0.3 is 19.9 Å². The maximum atomic E-state index is 12.7. The molecule has 0 atom stereocenters. The first kappa shape index (κ1) is 38.0. The Bertz CT molecular complexity index is 1750. The number of methoxy groups -OCH3 is 1. The summed E-state index contributed by atoms with van der Waals surface area (Å²) in [4.78, 5) is 38.4. The maximum Gasteiger partial charge on any atom is 0.338 e. The molecule has 0 aliphatic heterocycles. The van der Waals surface area contributed by atoms with E-state index in [1.54, 1.807) is 42.0 Å². The lowest BCUT2D eigenvalue weighted by molar-refractivity contribution is -0.142. The number of anilines is 1. The first-order valence-electron chi connectivity index (χ1n) is 16.6. The SMILES string of the molecule is CCCN(Cc1cc(C(=O)OCCOC(C)=O)cc(Br)c1N)C1CCCCC1.COc1ccc2c(c1)cc(C)n2C(=O)c1ccc(Cl)cc1. The Morgan fingerprint density at radius 3 is 2.31 bits per heavy atom. The standard InChI is InChI=1S/C21H31BrN2O4.C17H14ClNO2/c1-3-9-24(18-7-5-4-6-8-18)14-17-12-16(13-19(22)20(17)23)21(26)28-11-10-27-15(2)25;1-11-9-13-10-15(21-2)7-8-16(13)19(11)17(20)12-3-5-14(18)6-4-12/h12-13,18H,3-11,14,23H2,1-2H3;3-10H,1-2H3. The zero-order chi connectivity index (χ0) is 35.5. The monoisotopic (exact) mass is 753 g/mol. The van der Waals surface area contributed by atoms with E-state index in [2.05, 4.69) is 27.8 Å². The van der Waals surface area contributed by atoms with Crippen LogP contribution in [0, 0.1) is 6.92 Å². The van der Waals surface area contributed by atoms with Crippen molar-refractivity contribution in [3.8, 4) is 5.75 Å². The van der Waals surface area contributed by atoms with Gasteiger partial charge in [-0.3, -0.25) is 19.1 Å². The van der Waals surface area contributed by atoms with Gasteiger partial charge in [0.1, 0.15) is 19.0 Å². The Kier molecular flexibility index (Phi) is 14.1. The van der Waals surface area contributed by atoms with Gasteiger partial charge in [0.15, 0.2) is 0 Å². The number of carbonyl (C=O) groups excluding carboxylic acids is 3. The lowest BCUT2D eigenvalue weighted by Gasteiger charge is -2.34. The maximum absolute atomic E-state index is 12.7. The average molecular weight is 755 g/mol. The van der Waals surface area contributed by atoms with Crippen molar-refractivity contribution in [1.82, 2.24) is 9.47 Å². The number of aryl methyl sites for hydroxylation is 1. The third kappa shape index (κ3) is 10.3. The molecule has 2 N–H and O–H groups in total. The van der Waals surface area contributed by atoms with Gasteiger partial charge in [-0.2, -0.15) is 0 Å². The molecular weight excluding hydrogens is 710 g/mol. The van der Waals surface area contributed by atoms with Crippen molar-refractivity contribution in [1.29, 1.82) is 0 Å². The fourth-order valence-corrected chi connectivity index (χ4v) is 6.75. The number of nitrogens with two attached hydrogens (primary N) is 1. The topological polar surface area (TPSA) is 113 Å². The molecule has 5 rings (SSSR count). The highest BCUT2D eigenvalue weighted by Gasteiger charge is 2.23. The van der Waals surface area contributed by atoms with Crippen LogP contribution in [0.25, 0.3) is 10.9 Å². The molecule has 0 amide bonds. The summed E-state index contributed by atoms with van der Waals surface area (Å²) in [5.74, 6) is -0.135. The molecule has 11 heteroatoms. The van der Waals surface area contributed by atoms with Crippen molar-refractivity contribution in [3.05, 3.63) is 92.5 Å². The summed E-state index contributed by atoms with van der Waals surface area (Å²) < 4.78 is 17.6. The molecule has 1 heterocycles. The number of nitrogen functional groups attached to an aromatic ring is 1.